The number of esters is 1. The maximum absolute atomic E-state index is 11.2. The number of benzene rings is 1. The molecular formula is C13H18O2. The van der Waals surface area contributed by atoms with E-state index in [-0.39, 0.29) is 11.9 Å². The molecule has 1 aromatic carbocycles. The van der Waals surface area contributed by atoms with Gasteiger partial charge < -0.3 is 4.74 Å². The van der Waals surface area contributed by atoms with Gasteiger partial charge in [0.2, 0.25) is 0 Å². The van der Waals surface area contributed by atoms with Gasteiger partial charge in [0.05, 0.1) is 6.61 Å². The molecule has 15 heavy (non-hydrogen) atoms. The Morgan fingerprint density at radius 3 is 2.60 bits per heavy atom. The molecule has 0 spiro atoms. The lowest BCUT2D eigenvalue weighted by Gasteiger charge is -2.11. The lowest BCUT2D eigenvalue weighted by Crippen LogP contribution is -2.10. The molecule has 1 aromatic rings. The fourth-order valence-electron chi connectivity index (χ4n) is 1.37. The van der Waals surface area contributed by atoms with Crippen LogP contribution in [0.4, 0.5) is 0 Å². The van der Waals surface area contributed by atoms with Crippen molar-refractivity contribution >= 4 is 5.97 Å². The molecule has 0 saturated heterocycles. The highest BCUT2D eigenvalue weighted by Crippen LogP contribution is 2.14. The summed E-state index contributed by atoms with van der Waals surface area (Å²) < 4.78 is 5.16. The Morgan fingerprint density at radius 2 is 2.00 bits per heavy atom. The van der Waals surface area contributed by atoms with Crippen molar-refractivity contribution in [1.82, 2.24) is 0 Å². The van der Waals surface area contributed by atoms with Crippen molar-refractivity contribution in [3.63, 3.8) is 0 Å². The van der Waals surface area contributed by atoms with Gasteiger partial charge in [0.25, 0.3) is 0 Å². The predicted octanol–water partition coefficient (Wildman–Crippen LogP) is 3.13. The molecule has 0 aromatic heterocycles. The second kappa shape index (κ2) is 6.23. The smallest absolute Gasteiger partial charge is 0.305 e. The molecular weight excluding hydrogens is 188 g/mol. The molecule has 0 bridgehead atoms. The molecule has 0 unspecified atom stereocenters. The van der Waals surface area contributed by atoms with E-state index in [2.05, 4.69) is 19.1 Å². The summed E-state index contributed by atoms with van der Waals surface area (Å²) >= 11 is 0. The summed E-state index contributed by atoms with van der Waals surface area (Å²) in [6.07, 6.45) is 1.36. The minimum absolute atomic E-state index is 0.0970. The van der Waals surface area contributed by atoms with Crippen molar-refractivity contribution in [2.45, 2.75) is 32.6 Å². The zero-order valence-electron chi connectivity index (χ0n) is 9.40. The first kappa shape index (κ1) is 11.8. The number of ether oxygens (including phenoxy) is 1. The van der Waals surface area contributed by atoms with Gasteiger partial charge in [0, 0.05) is 12.3 Å². The van der Waals surface area contributed by atoms with Gasteiger partial charge in [-0.3, -0.25) is 4.79 Å². The fraction of sp³-hybridized carbons (Fsp3) is 0.462. The second-order valence-corrected chi connectivity index (χ2v) is 3.74. The van der Waals surface area contributed by atoms with Crippen LogP contribution in [0.3, 0.4) is 0 Å². The van der Waals surface area contributed by atoms with E-state index in [0.717, 1.165) is 6.42 Å². The molecule has 0 heterocycles. The maximum atomic E-state index is 11.2. The van der Waals surface area contributed by atoms with Crippen LogP contribution in [0.15, 0.2) is 30.3 Å². The Balaban J connectivity index is 2.37. The zero-order chi connectivity index (χ0) is 11.1. The summed E-state index contributed by atoms with van der Waals surface area (Å²) in [5.74, 6) is 0.173. The number of rotatable bonds is 5. The topological polar surface area (TPSA) is 26.3 Å². The molecule has 0 amide bonds. The van der Waals surface area contributed by atoms with E-state index in [9.17, 15) is 4.79 Å². The molecule has 1 rings (SSSR count). The first-order valence-corrected chi connectivity index (χ1v) is 5.44. The summed E-state index contributed by atoms with van der Waals surface area (Å²) in [7, 11) is 0. The molecule has 0 fully saturated rings. The minimum atomic E-state index is -0.0970. The SMILES string of the molecule is CCCC(=O)OC[C@H](C)c1ccccc1. The monoisotopic (exact) mass is 206 g/mol. The number of hydrogen-bond acceptors (Lipinski definition) is 2. The quantitative estimate of drug-likeness (QED) is 0.692. The molecule has 0 aliphatic rings. The van der Waals surface area contributed by atoms with E-state index in [1.807, 2.05) is 25.1 Å². The normalized spacial score (nSPS) is 12.1. The zero-order valence-corrected chi connectivity index (χ0v) is 9.40. The van der Waals surface area contributed by atoms with Gasteiger partial charge in [-0.25, -0.2) is 0 Å². The molecule has 0 N–H and O–H groups in total. The van der Waals surface area contributed by atoms with Gasteiger partial charge in [0.1, 0.15) is 0 Å². The molecule has 0 radical (unpaired) electrons. The Bertz CT molecular complexity index is 293. The van der Waals surface area contributed by atoms with E-state index in [1.165, 1.54) is 5.56 Å². The minimum Gasteiger partial charge on any atom is -0.465 e. The van der Waals surface area contributed by atoms with Crippen LogP contribution in [-0.2, 0) is 9.53 Å². The highest BCUT2D eigenvalue weighted by molar-refractivity contribution is 5.69. The highest BCUT2D eigenvalue weighted by atomic mass is 16.5. The van der Waals surface area contributed by atoms with Crippen molar-refractivity contribution < 1.29 is 9.53 Å². The summed E-state index contributed by atoms with van der Waals surface area (Å²) in [6, 6.07) is 10.1. The third-order valence-corrected chi connectivity index (χ3v) is 2.32. The number of carbonyl (C=O) groups excluding carboxylic acids is 1. The van der Waals surface area contributed by atoms with Crippen molar-refractivity contribution in [3.8, 4) is 0 Å². The van der Waals surface area contributed by atoms with Crippen LogP contribution in [0.5, 0.6) is 0 Å². The third kappa shape index (κ3) is 4.15. The molecule has 2 nitrogen and oxygen atoms in total. The van der Waals surface area contributed by atoms with Crippen LogP contribution in [0.25, 0.3) is 0 Å². The predicted molar refractivity (Wildman–Crippen MR) is 60.7 cm³/mol. The number of hydrogen-bond donors (Lipinski definition) is 0. The Labute approximate surface area is 91.3 Å². The van der Waals surface area contributed by atoms with Crippen molar-refractivity contribution in [1.29, 1.82) is 0 Å². The maximum Gasteiger partial charge on any atom is 0.305 e. The Morgan fingerprint density at radius 1 is 1.33 bits per heavy atom. The Kier molecular flexibility index (Phi) is 4.88. The third-order valence-electron chi connectivity index (χ3n) is 2.32. The van der Waals surface area contributed by atoms with Gasteiger partial charge in [-0.2, -0.15) is 0 Å². The number of carbonyl (C=O) groups is 1. The molecule has 2 heteroatoms. The molecule has 0 saturated carbocycles. The van der Waals surface area contributed by atoms with Gasteiger partial charge in [-0.05, 0) is 12.0 Å². The highest BCUT2D eigenvalue weighted by Gasteiger charge is 2.07. The lowest BCUT2D eigenvalue weighted by atomic mass is 10.0. The van der Waals surface area contributed by atoms with Crippen molar-refractivity contribution in [3.05, 3.63) is 35.9 Å². The van der Waals surface area contributed by atoms with Gasteiger partial charge in [-0.1, -0.05) is 44.2 Å². The van der Waals surface area contributed by atoms with Crippen LogP contribution in [0, 0.1) is 0 Å². The summed E-state index contributed by atoms with van der Waals surface area (Å²) in [4.78, 5) is 11.2. The molecule has 0 aliphatic heterocycles. The second-order valence-electron chi connectivity index (χ2n) is 3.74. The van der Waals surface area contributed by atoms with Crippen LogP contribution in [-0.4, -0.2) is 12.6 Å². The van der Waals surface area contributed by atoms with Gasteiger partial charge >= 0.3 is 5.97 Å². The van der Waals surface area contributed by atoms with Crippen LogP contribution >= 0.6 is 0 Å². The van der Waals surface area contributed by atoms with Crippen LogP contribution < -0.4 is 0 Å². The molecule has 0 aliphatic carbocycles. The van der Waals surface area contributed by atoms with Crippen molar-refractivity contribution in [2.24, 2.45) is 0 Å². The molecule has 82 valence electrons. The molecule has 1 atom stereocenters. The average Bonchev–Trinajstić information content (AvgIpc) is 2.27. The lowest BCUT2D eigenvalue weighted by molar-refractivity contribution is -0.144. The average molecular weight is 206 g/mol. The van der Waals surface area contributed by atoms with Crippen molar-refractivity contribution in [2.75, 3.05) is 6.61 Å². The Hall–Kier alpha value is -1.31. The van der Waals surface area contributed by atoms with Crippen LogP contribution in [0.1, 0.15) is 38.2 Å². The standard InChI is InChI=1S/C13H18O2/c1-3-7-13(14)15-10-11(2)12-8-5-4-6-9-12/h4-6,8-9,11H,3,7,10H2,1-2H3/t11-/m0/s1. The van der Waals surface area contributed by atoms with Gasteiger partial charge in [-0.15, -0.1) is 0 Å². The first-order valence-electron chi connectivity index (χ1n) is 5.44. The van der Waals surface area contributed by atoms with E-state index in [4.69, 9.17) is 4.74 Å². The van der Waals surface area contributed by atoms with E-state index >= 15 is 0 Å². The van der Waals surface area contributed by atoms with Crippen LogP contribution in [0.2, 0.25) is 0 Å². The summed E-state index contributed by atoms with van der Waals surface area (Å²) in [5.41, 5.74) is 1.21. The summed E-state index contributed by atoms with van der Waals surface area (Å²) in [5, 5.41) is 0. The summed E-state index contributed by atoms with van der Waals surface area (Å²) in [6.45, 7) is 4.51. The van der Waals surface area contributed by atoms with Gasteiger partial charge in [0.15, 0.2) is 0 Å². The van der Waals surface area contributed by atoms with E-state index in [1.54, 1.807) is 0 Å². The largest absolute Gasteiger partial charge is 0.465 e. The fourth-order valence-corrected chi connectivity index (χ4v) is 1.37. The van der Waals surface area contributed by atoms with E-state index in [0.29, 0.717) is 13.0 Å². The van der Waals surface area contributed by atoms with E-state index < -0.39 is 0 Å². The first-order chi connectivity index (χ1) is 7.24.